The third kappa shape index (κ3) is 2.67. The SMILES string of the molecule is CN1CCN(C(=O)Cc2c[nH]c3ccc(Cl)cc23)CC1. The lowest BCUT2D eigenvalue weighted by Crippen LogP contribution is -2.47. The van der Waals surface area contributed by atoms with Crippen molar-refractivity contribution in [2.24, 2.45) is 0 Å². The number of nitrogens with one attached hydrogen (secondary N) is 1. The van der Waals surface area contributed by atoms with Gasteiger partial charge in [0.1, 0.15) is 0 Å². The molecule has 20 heavy (non-hydrogen) atoms. The average Bonchev–Trinajstić information content (AvgIpc) is 2.82. The predicted molar refractivity (Wildman–Crippen MR) is 81.1 cm³/mol. The fourth-order valence-electron chi connectivity index (χ4n) is 2.63. The maximum atomic E-state index is 12.4. The molecule has 1 N–H and O–H groups in total. The van der Waals surface area contributed by atoms with Gasteiger partial charge in [-0.05, 0) is 30.8 Å². The van der Waals surface area contributed by atoms with Crippen molar-refractivity contribution in [3.8, 4) is 0 Å². The van der Waals surface area contributed by atoms with Crippen LogP contribution in [-0.4, -0.2) is 53.9 Å². The van der Waals surface area contributed by atoms with Gasteiger partial charge < -0.3 is 14.8 Å². The van der Waals surface area contributed by atoms with Crippen molar-refractivity contribution < 1.29 is 4.79 Å². The van der Waals surface area contributed by atoms with Crippen molar-refractivity contribution in [1.82, 2.24) is 14.8 Å². The van der Waals surface area contributed by atoms with Crippen molar-refractivity contribution in [2.45, 2.75) is 6.42 Å². The van der Waals surface area contributed by atoms with Crippen LogP contribution in [0.15, 0.2) is 24.4 Å². The third-order valence-corrected chi connectivity index (χ3v) is 4.16. The number of H-pyrrole nitrogens is 1. The number of carbonyl (C=O) groups is 1. The van der Waals surface area contributed by atoms with E-state index in [9.17, 15) is 4.79 Å². The summed E-state index contributed by atoms with van der Waals surface area (Å²) in [6.45, 7) is 3.54. The Kier molecular flexibility index (Phi) is 3.68. The average molecular weight is 292 g/mol. The summed E-state index contributed by atoms with van der Waals surface area (Å²) in [4.78, 5) is 19.7. The number of nitrogens with zero attached hydrogens (tertiary/aromatic N) is 2. The van der Waals surface area contributed by atoms with E-state index in [-0.39, 0.29) is 5.91 Å². The van der Waals surface area contributed by atoms with Gasteiger partial charge in [0.25, 0.3) is 0 Å². The topological polar surface area (TPSA) is 39.3 Å². The number of rotatable bonds is 2. The summed E-state index contributed by atoms with van der Waals surface area (Å²) < 4.78 is 0. The molecule has 1 aromatic heterocycles. The number of fused-ring (bicyclic) bond motifs is 1. The molecule has 2 heterocycles. The molecule has 1 fully saturated rings. The van der Waals surface area contributed by atoms with E-state index < -0.39 is 0 Å². The van der Waals surface area contributed by atoms with Gasteiger partial charge in [-0.3, -0.25) is 4.79 Å². The molecule has 5 heteroatoms. The zero-order valence-corrected chi connectivity index (χ0v) is 12.3. The van der Waals surface area contributed by atoms with Crippen LogP contribution >= 0.6 is 11.6 Å². The van der Waals surface area contributed by atoms with Gasteiger partial charge in [0.15, 0.2) is 0 Å². The van der Waals surface area contributed by atoms with Crippen molar-refractivity contribution in [3.63, 3.8) is 0 Å². The molecule has 0 atom stereocenters. The van der Waals surface area contributed by atoms with E-state index in [1.807, 2.05) is 29.3 Å². The molecular formula is C15H18ClN3O. The number of piperazine rings is 1. The minimum atomic E-state index is 0.193. The van der Waals surface area contributed by atoms with Crippen molar-refractivity contribution in [2.75, 3.05) is 33.2 Å². The zero-order chi connectivity index (χ0) is 14.1. The summed E-state index contributed by atoms with van der Waals surface area (Å²) in [7, 11) is 2.09. The minimum absolute atomic E-state index is 0.193. The molecule has 0 spiro atoms. The number of aromatic amines is 1. The van der Waals surface area contributed by atoms with E-state index in [1.165, 1.54) is 0 Å². The minimum Gasteiger partial charge on any atom is -0.361 e. The van der Waals surface area contributed by atoms with Crippen LogP contribution in [0.25, 0.3) is 10.9 Å². The maximum absolute atomic E-state index is 12.4. The van der Waals surface area contributed by atoms with Gasteiger partial charge in [-0.15, -0.1) is 0 Å². The third-order valence-electron chi connectivity index (χ3n) is 3.93. The maximum Gasteiger partial charge on any atom is 0.227 e. The lowest BCUT2D eigenvalue weighted by molar-refractivity contribution is -0.132. The molecule has 106 valence electrons. The van der Waals surface area contributed by atoms with Crippen LogP contribution in [-0.2, 0) is 11.2 Å². The Bertz CT molecular complexity index is 629. The number of hydrogen-bond donors (Lipinski definition) is 1. The first-order chi connectivity index (χ1) is 9.63. The normalized spacial score (nSPS) is 16.8. The highest BCUT2D eigenvalue weighted by molar-refractivity contribution is 6.31. The van der Waals surface area contributed by atoms with Gasteiger partial charge >= 0.3 is 0 Å². The van der Waals surface area contributed by atoms with Crippen LogP contribution in [0.5, 0.6) is 0 Å². The molecule has 2 aromatic rings. The van der Waals surface area contributed by atoms with Crippen LogP contribution < -0.4 is 0 Å². The molecule has 0 bridgehead atoms. The van der Waals surface area contributed by atoms with Crippen molar-refractivity contribution in [1.29, 1.82) is 0 Å². The second-order valence-corrected chi connectivity index (χ2v) is 5.80. The number of benzene rings is 1. The van der Waals surface area contributed by atoms with E-state index in [4.69, 9.17) is 11.6 Å². The molecule has 1 aliphatic rings. The van der Waals surface area contributed by atoms with Gasteiger partial charge in [0.05, 0.1) is 6.42 Å². The first kappa shape index (κ1) is 13.5. The lowest BCUT2D eigenvalue weighted by atomic mass is 10.1. The van der Waals surface area contributed by atoms with E-state index in [0.717, 1.165) is 42.6 Å². The highest BCUT2D eigenvalue weighted by Crippen LogP contribution is 2.23. The smallest absolute Gasteiger partial charge is 0.227 e. The summed E-state index contributed by atoms with van der Waals surface area (Å²) in [6.07, 6.45) is 2.35. The van der Waals surface area contributed by atoms with E-state index in [0.29, 0.717) is 11.4 Å². The zero-order valence-electron chi connectivity index (χ0n) is 11.5. The monoisotopic (exact) mass is 291 g/mol. The van der Waals surface area contributed by atoms with Gasteiger partial charge in [-0.1, -0.05) is 11.6 Å². The molecule has 0 saturated carbocycles. The molecule has 1 aliphatic heterocycles. The number of likely N-dealkylation sites (N-methyl/N-ethyl adjacent to an activating group) is 1. The van der Waals surface area contributed by atoms with Crippen molar-refractivity contribution in [3.05, 3.63) is 35.0 Å². The summed E-state index contributed by atoms with van der Waals surface area (Å²) in [5, 5.41) is 1.74. The second kappa shape index (κ2) is 5.46. The first-order valence-electron chi connectivity index (χ1n) is 6.85. The lowest BCUT2D eigenvalue weighted by Gasteiger charge is -2.32. The van der Waals surface area contributed by atoms with Gasteiger partial charge in [-0.2, -0.15) is 0 Å². The first-order valence-corrected chi connectivity index (χ1v) is 7.23. The summed E-state index contributed by atoms with van der Waals surface area (Å²) in [5.74, 6) is 0.193. The van der Waals surface area contributed by atoms with E-state index in [2.05, 4.69) is 16.9 Å². The fraction of sp³-hybridized carbons (Fsp3) is 0.400. The Balaban J connectivity index is 1.76. The Hall–Kier alpha value is -1.52. The van der Waals surface area contributed by atoms with Crippen LogP contribution in [0.3, 0.4) is 0 Å². The number of hydrogen-bond acceptors (Lipinski definition) is 2. The molecule has 3 rings (SSSR count). The quantitative estimate of drug-likeness (QED) is 0.921. The molecule has 0 radical (unpaired) electrons. The Morgan fingerprint density at radius 3 is 2.80 bits per heavy atom. The Labute approximate surface area is 123 Å². The van der Waals surface area contributed by atoms with Gasteiger partial charge in [-0.25, -0.2) is 0 Å². The van der Waals surface area contributed by atoms with Crippen LogP contribution in [0.1, 0.15) is 5.56 Å². The predicted octanol–water partition coefficient (Wildman–Crippen LogP) is 2.14. The number of halogens is 1. The van der Waals surface area contributed by atoms with Crippen LogP contribution in [0, 0.1) is 0 Å². The molecule has 1 amide bonds. The summed E-state index contributed by atoms with van der Waals surface area (Å²) in [6, 6.07) is 5.72. The summed E-state index contributed by atoms with van der Waals surface area (Å²) in [5.41, 5.74) is 2.04. The second-order valence-electron chi connectivity index (χ2n) is 5.36. The number of amides is 1. The summed E-state index contributed by atoms with van der Waals surface area (Å²) >= 11 is 6.03. The van der Waals surface area contributed by atoms with Gasteiger partial charge in [0, 0.05) is 48.3 Å². The molecule has 4 nitrogen and oxygen atoms in total. The molecular weight excluding hydrogens is 274 g/mol. The highest BCUT2D eigenvalue weighted by atomic mass is 35.5. The van der Waals surface area contributed by atoms with Crippen LogP contribution in [0.2, 0.25) is 5.02 Å². The van der Waals surface area contributed by atoms with Gasteiger partial charge in [0.2, 0.25) is 5.91 Å². The molecule has 0 unspecified atom stereocenters. The standard InChI is InChI=1S/C15H18ClN3O/c1-18-4-6-19(7-5-18)15(20)8-11-10-17-14-3-2-12(16)9-13(11)14/h2-3,9-10,17H,4-8H2,1H3. The molecule has 0 aliphatic carbocycles. The number of carbonyl (C=O) groups excluding carboxylic acids is 1. The van der Waals surface area contributed by atoms with E-state index in [1.54, 1.807) is 0 Å². The molecule has 1 aromatic carbocycles. The molecule has 1 saturated heterocycles. The Morgan fingerprint density at radius 2 is 2.05 bits per heavy atom. The number of aromatic nitrogens is 1. The van der Waals surface area contributed by atoms with E-state index >= 15 is 0 Å². The fourth-order valence-corrected chi connectivity index (χ4v) is 2.80. The van der Waals surface area contributed by atoms with Crippen LogP contribution in [0.4, 0.5) is 0 Å². The highest BCUT2D eigenvalue weighted by Gasteiger charge is 2.20. The largest absolute Gasteiger partial charge is 0.361 e. The van der Waals surface area contributed by atoms with Crippen molar-refractivity contribution >= 4 is 28.4 Å². The Morgan fingerprint density at radius 1 is 1.30 bits per heavy atom.